The Bertz CT molecular complexity index is 355. The van der Waals surface area contributed by atoms with E-state index in [0.29, 0.717) is 6.04 Å². The van der Waals surface area contributed by atoms with E-state index in [0.717, 1.165) is 37.1 Å². The highest BCUT2D eigenvalue weighted by Crippen LogP contribution is 2.25. The van der Waals surface area contributed by atoms with Gasteiger partial charge in [0.25, 0.3) is 0 Å². The number of aromatic nitrogens is 1. The van der Waals surface area contributed by atoms with Gasteiger partial charge in [0, 0.05) is 31.1 Å². The topological polar surface area (TPSA) is 37.4 Å². The van der Waals surface area contributed by atoms with Gasteiger partial charge in [0.1, 0.15) is 0 Å². The molecule has 5 heteroatoms. The van der Waals surface area contributed by atoms with Gasteiger partial charge in [0.2, 0.25) is 0 Å². The molecule has 0 aromatic carbocycles. The number of anilines is 1. The van der Waals surface area contributed by atoms with E-state index in [1.807, 2.05) is 0 Å². The van der Waals surface area contributed by atoms with E-state index in [1.165, 1.54) is 17.7 Å². The van der Waals surface area contributed by atoms with Gasteiger partial charge in [-0.1, -0.05) is 0 Å². The van der Waals surface area contributed by atoms with Crippen LogP contribution in [-0.2, 0) is 4.74 Å². The van der Waals surface area contributed by atoms with Crippen LogP contribution in [0.15, 0.2) is 0 Å². The number of rotatable bonds is 6. The summed E-state index contributed by atoms with van der Waals surface area (Å²) in [6.07, 6.45) is 2.56. The maximum Gasteiger partial charge on any atom is 0.185 e. The van der Waals surface area contributed by atoms with E-state index in [4.69, 9.17) is 4.74 Å². The lowest BCUT2D eigenvalue weighted by molar-refractivity contribution is 0.204. The van der Waals surface area contributed by atoms with Crippen molar-refractivity contribution in [3.05, 3.63) is 10.6 Å². The number of aryl methyl sites for hydroxylation is 2. The van der Waals surface area contributed by atoms with Gasteiger partial charge in [-0.3, -0.25) is 0 Å². The third-order valence-corrected chi connectivity index (χ3v) is 4.59. The predicted molar refractivity (Wildman–Crippen MR) is 76.7 cm³/mol. The number of methoxy groups -OCH3 is 1. The van der Waals surface area contributed by atoms with Gasteiger partial charge in [-0.25, -0.2) is 4.98 Å². The SMILES string of the molecule is COCCN(CC1CCCN1)c1nc(C)c(C)s1. The Balaban J connectivity index is 2.03. The zero-order chi connectivity index (χ0) is 13.0. The number of nitrogens with one attached hydrogen (secondary N) is 1. The minimum atomic E-state index is 0.603. The average molecular weight is 269 g/mol. The fourth-order valence-corrected chi connectivity index (χ4v) is 3.18. The van der Waals surface area contributed by atoms with Crippen molar-refractivity contribution in [1.82, 2.24) is 10.3 Å². The molecule has 1 aromatic heterocycles. The van der Waals surface area contributed by atoms with Crippen LogP contribution in [0.3, 0.4) is 0 Å². The highest BCUT2D eigenvalue weighted by atomic mass is 32.1. The molecule has 0 spiro atoms. The largest absolute Gasteiger partial charge is 0.383 e. The van der Waals surface area contributed by atoms with Gasteiger partial charge in [-0.15, -0.1) is 11.3 Å². The van der Waals surface area contributed by atoms with Crippen molar-refractivity contribution in [2.75, 3.05) is 38.3 Å². The first-order chi connectivity index (χ1) is 8.70. The number of hydrogen-bond acceptors (Lipinski definition) is 5. The fraction of sp³-hybridized carbons (Fsp3) is 0.769. The van der Waals surface area contributed by atoms with Crippen LogP contribution in [0, 0.1) is 13.8 Å². The van der Waals surface area contributed by atoms with Crippen LogP contribution >= 0.6 is 11.3 Å². The van der Waals surface area contributed by atoms with Gasteiger partial charge in [-0.2, -0.15) is 0 Å². The Labute approximate surface area is 113 Å². The quantitative estimate of drug-likeness (QED) is 0.857. The zero-order valence-electron chi connectivity index (χ0n) is 11.5. The lowest BCUT2D eigenvalue weighted by Gasteiger charge is -2.25. The van der Waals surface area contributed by atoms with E-state index >= 15 is 0 Å². The predicted octanol–water partition coefficient (Wildman–Crippen LogP) is 1.96. The molecular weight excluding hydrogens is 246 g/mol. The monoisotopic (exact) mass is 269 g/mol. The van der Waals surface area contributed by atoms with Crippen LogP contribution in [0.4, 0.5) is 5.13 Å². The molecule has 2 rings (SSSR count). The minimum Gasteiger partial charge on any atom is -0.383 e. The molecule has 1 fully saturated rings. The van der Waals surface area contributed by atoms with Gasteiger partial charge in [0.05, 0.1) is 12.3 Å². The molecule has 1 aliphatic heterocycles. The molecule has 18 heavy (non-hydrogen) atoms. The highest BCUT2D eigenvalue weighted by molar-refractivity contribution is 7.15. The van der Waals surface area contributed by atoms with E-state index in [9.17, 15) is 0 Å². The first kappa shape index (κ1) is 13.8. The number of ether oxygens (including phenoxy) is 1. The maximum absolute atomic E-state index is 5.21. The van der Waals surface area contributed by atoms with E-state index in [2.05, 4.69) is 29.0 Å². The molecule has 102 valence electrons. The number of nitrogens with zero attached hydrogens (tertiary/aromatic N) is 2. The molecule has 1 aromatic rings. The Morgan fingerprint density at radius 3 is 2.89 bits per heavy atom. The molecular formula is C13H23N3OS. The lowest BCUT2D eigenvalue weighted by atomic mass is 10.2. The van der Waals surface area contributed by atoms with Crippen LogP contribution in [0.1, 0.15) is 23.4 Å². The second kappa shape index (κ2) is 6.50. The zero-order valence-corrected chi connectivity index (χ0v) is 12.3. The molecule has 0 saturated carbocycles. The Kier molecular flexibility index (Phi) is 4.97. The summed E-state index contributed by atoms with van der Waals surface area (Å²) >= 11 is 1.79. The van der Waals surface area contributed by atoms with Crippen molar-refractivity contribution in [3.63, 3.8) is 0 Å². The summed E-state index contributed by atoms with van der Waals surface area (Å²) in [5.74, 6) is 0. The van der Waals surface area contributed by atoms with Gasteiger partial charge < -0.3 is 15.0 Å². The van der Waals surface area contributed by atoms with E-state index in [-0.39, 0.29) is 0 Å². The molecule has 1 saturated heterocycles. The Morgan fingerprint density at radius 1 is 1.50 bits per heavy atom. The summed E-state index contributed by atoms with van der Waals surface area (Å²) < 4.78 is 5.21. The first-order valence-corrected chi connectivity index (χ1v) is 7.43. The van der Waals surface area contributed by atoms with Gasteiger partial charge in [0.15, 0.2) is 5.13 Å². The highest BCUT2D eigenvalue weighted by Gasteiger charge is 2.20. The number of thiazole rings is 1. The minimum absolute atomic E-state index is 0.603. The number of hydrogen-bond donors (Lipinski definition) is 1. The molecule has 0 radical (unpaired) electrons. The summed E-state index contributed by atoms with van der Waals surface area (Å²) in [5, 5.41) is 4.68. The average Bonchev–Trinajstić information content (AvgIpc) is 2.96. The molecule has 4 nitrogen and oxygen atoms in total. The molecule has 2 heterocycles. The molecule has 1 N–H and O–H groups in total. The summed E-state index contributed by atoms with van der Waals surface area (Å²) in [6.45, 7) is 8.08. The van der Waals surface area contributed by atoms with Crippen molar-refractivity contribution < 1.29 is 4.74 Å². The van der Waals surface area contributed by atoms with Gasteiger partial charge >= 0.3 is 0 Å². The maximum atomic E-state index is 5.21. The molecule has 0 amide bonds. The third-order valence-electron chi connectivity index (χ3n) is 3.46. The standard InChI is InChI=1S/C13H23N3OS/c1-10-11(2)18-13(15-10)16(7-8-17-3)9-12-5-4-6-14-12/h12,14H,4-9H2,1-3H3. The van der Waals surface area contributed by atoms with Crippen LogP contribution in [0.5, 0.6) is 0 Å². The van der Waals surface area contributed by atoms with E-state index < -0.39 is 0 Å². The third kappa shape index (κ3) is 3.43. The lowest BCUT2D eigenvalue weighted by Crippen LogP contribution is -2.39. The fourth-order valence-electron chi connectivity index (χ4n) is 2.24. The second-order valence-electron chi connectivity index (χ2n) is 4.87. The molecule has 0 bridgehead atoms. The summed E-state index contributed by atoms with van der Waals surface area (Å²) in [4.78, 5) is 8.34. The van der Waals surface area contributed by atoms with Crippen molar-refractivity contribution in [2.24, 2.45) is 0 Å². The van der Waals surface area contributed by atoms with Crippen molar-refractivity contribution >= 4 is 16.5 Å². The molecule has 0 aliphatic carbocycles. The Hall–Kier alpha value is -0.650. The molecule has 1 unspecified atom stereocenters. The smallest absolute Gasteiger partial charge is 0.185 e. The van der Waals surface area contributed by atoms with E-state index in [1.54, 1.807) is 18.4 Å². The Morgan fingerprint density at radius 2 is 2.33 bits per heavy atom. The van der Waals surface area contributed by atoms with Gasteiger partial charge in [-0.05, 0) is 33.2 Å². The van der Waals surface area contributed by atoms with Crippen LogP contribution in [0.2, 0.25) is 0 Å². The molecule has 1 atom stereocenters. The van der Waals surface area contributed by atoms with Crippen molar-refractivity contribution in [3.8, 4) is 0 Å². The first-order valence-electron chi connectivity index (χ1n) is 6.62. The molecule has 1 aliphatic rings. The summed E-state index contributed by atoms with van der Waals surface area (Å²) in [7, 11) is 1.75. The van der Waals surface area contributed by atoms with Crippen LogP contribution in [0.25, 0.3) is 0 Å². The second-order valence-corrected chi connectivity index (χ2v) is 6.05. The van der Waals surface area contributed by atoms with Crippen LogP contribution < -0.4 is 10.2 Å². The normalized spacial score (nSPS) is 19.4. The van der Waals surface area contributed by atoms with Crippen LogP contribution in [-0.4, -0.2) is 44.4 Å². The van der Waals surface area contributed by atoms with Crippen molar-refractivity contribution in [2.45, 2.75) is 32.7 Å². The summed E-state index contributed by atoms with van der Waals surface area (Å²) in [5.41, 5.74) is 1.15. The van der Waals surface area contributed by atoms with Crippen molar-refractivity contribution in [1.29, 1.82) is 0 Å². The summed E-state index contributed by atoms with van der Waals surface area (Å²) in [6, 6.07) is 0.603.